The zero-order valence-electron chi connectivity index (χ0n) is 14.6. The summed E-state index contributed by atoms with van der Waals surface area (Å²) in [7, 11) is 3.17. The van der Waals surface area contributed by atoms with E-state index in [2.05, 4.69) is 23.1 Å². The number of aryl methyl sites for hydroxylation is 1. The van der Waals surface area contributed by atoms with Gasteiger partial charge in [-0.2, -0.15) is 0 Å². The molecular weight excluding hydrogens is 316 g/mol. The maximum Gasteiger partial charge on any atom is 0.258 e. The van der Waals surface area contributed by atoms with E-state index in [9.17, 15) is 4.79 Å². The molecule has 0 unspecified atom stereocenters. The first-order valence-corrected chi connectivity index (χ1v) is 8.63. The van der Waals surface area contributed by atoms with Crippen LogP contribution in [0.1, 0.15) is 22.3 Å². The normalized spacial score (nSPS) is 15.6. The molecule has 0 N–H and O–H groups in total. The second-order valence-corrected chi connectivity index (χ2v) is 6.40. The SMILES string of the molecule is COc1ccc(C(=O)N2CCN3CCCc4cccc2c43)cc1OC. The number of amides is 1. The molecule has 0 saturated heterocycles. The third-order valence-electron chi connectivity index (χ3n) is 5.05. The monoisotopic (exact) mass is 338 g/mol. The van der Waals surface area contributed by atoms with Crippen molar-refractivity contribution in [1.82, 2.24) is 0 Å². The van der Waals surface area contributed by atoms with Crippen LogP contribution in [0, 0.1) is 0 Å². The first-order chi connectivity index (χ1) is 12.2. The quantitative estimate of drug-likeness (QED) is 0.862. The molecule has 130 valence electrons. The van der Waals surface area contributed by atoms with Crippen molar-refractivity contribution in [2.24, 2.45) is 0 Å². The number of para-hydroxylation sites is 1. The summed E-state index contributed by atoms with van der Waals surface area (Å²) in [6.07, 6.45) is 2.26. The van der Waals surface area contributed by atoms with Gasteiger partial charge in [-0.15, -0.1) is 0 Å². The fourth-order valence-electron chi connectivity index (χ4n) is 3.84. The highest BCUT2D eigenvalue weighted by molar-refractivity contribution is 6.09. The zero-order chi connectivity index (χ0) is 17.4. The first kappa shape index (κ1) is 15.8. The molecule has 0 atom stereocenters. The minimum atomic E-state index is -0.000392. The van der Waals surface area contributed by atoms with E-state index in [0.717, 1.165) is 25.2 Å². The van der Waals surface area contributed by atoms with Crippen LogP contribution in [0.3, 0.4) is 0 Å². The Kier molecular flexibility index (Phi) is 3.99. The van der Waals surface area contributed by atoms with Gasteiger partial charge in [0.1, 0.15) is 0 Å². The third kappa shape index (κ3) is 2.60. The lowest BCUT2D eigenvalue weighted by molar-refractivity contribution is 0.0986. The number of ether oxygens (including phenoxy) is 2. The summed E-state index contributed by atoms with van der Waals surface area (Å²) in [5.74, 6) is 1.20. The van der Waals surface area contributed by atoms with Gasteiger partial charge in [0.2, 0.25) is 0 Å². The Balaban J connectivity index is 1.72. The molecule has 0 saturated carbocycles. The molecule has 2 aliphatic heterocycles. The Bertz CT molecular complexity index is 819. The minimum Gasteiger partial charge on any atom is -0.493 e. The summed E-state index contributed by atoms with van der Waals surface area (Å²) < 4.78 is 10.6. The summed E-state index contributed by atoms with van der Waals surface area (Å²) in [5, 5.41) is 0. The van der Waals surface area contributed by atoms with Gasteiger partial charge in [0.05, 0.1) is 25.6 Å². The summed E-state index contributed by atoms with van der Waals surface area (Å²) in [4.78, 5) is 17.5. The molecule has 2 aromatic carbocycles. The Morgan fingerprint density at radius 1 is 1.00 bits per heavy atom. The molecule has 4 rings (SSSR count). The highest BCUT2D eigenvalue weighted by atomic mass is 16.5. The van der Waals surface area contributed by atoms with Crippen LogP contribution in [-0.2, 0) is 6.42 Å². The van der Waals surface area contributed by atoms with Crippen LogP contribution >= 0.6 is 0 Å². The molecule has 25 heavy (non-hydrogen) atoms. The van der Waals surface area contributed by atoms with Gasteiger partial charge >= 0.3 is 0 Å². The van der Waals surface area contributed by atoms with Crippen LogP contribution in [0.2, 0.25) is 0 Å². The summed E-state index contributed by atoms with van der Waals surface area (Å²) in [6, 6.07) is 11.6. The number of hydrogen-bond acceptors (Lipinski definition) is 4. The van der Waals surface area contributed by atoms with Gasteiger partial charge in [-0.3, -0.25) is 4.79 Å². The lowest BCUT2D eigenvalue weighted by Crippen LogP contribution is -2.46. The van der Waals surface area contributed by atoms with Gasteiger partial charge in [0.25, 0.3) is 5.91 Å². The molecule has 1 amide bonds. The third-order valence-corrected chi connectivity index (χ3v) is 5.05. The smallest absolute Gasteiger partial charge is 0.258 e. The fraction of sp³-hybridized carbons (Fsp3) is 0.350. The lowest BCUT2D eigenvalue weighted by atomic mass is 9.97. The number of anilines is 2. The topological polar surface area (TPSA) is 42.0 Å². The van der Waals surface area contributed by atoms with Crippen molar-refractivity contribution in [3.63, 3.8) is 0 Å². The predicted octanol–water partition coefficient (Wildman–Crippen LogP) is 3.12. The van der Waals surface area contributed by atoms with Crippen molar-refractivity contribution in [2.45, 2.75) is 12.8 Å². The van der Waals surface area contributed by atoms with Crippen molar-refractivity contribution < 1.29 is 14.3 Å². The molecule has 2 heterocycles. The van der Waals surface area contributed by atoms with Crippen LogP contribution in [0.5, 0.6) is 11.5 Å². The summed E-state index contributed by atoms with van der Waals surface area (Å²) in [5.41, 5.74) is 4.20. The average Bonchev–Trinajstić information content (AvgIpc) is 2.67. The molecule has 2 aliphatic rings. The van der Waals surface area contributed by atoms with Crippen LogP contribution in [0.25, 0.3) is 0 Å². The van der Waals surface area contributed by atoms with Gasteiger partial charge in [-0.25, -0.2) is 0 Å². The second kappa shape index (κ2) is 6.31. The highest BCUT2D eigenvalue weighted by Crippen LogP contribution is 2.40. The van der Waals surface area contributed by atoms with Gasteiger partial charge in [0, 0.05) is 25.2 Å². The van der Waals surface area contributed by atoms with Gasteiger partial charge in [0.15, 0.2) is 11.5 Å². The number of nitrogens with zero attached hydrogens (tertiary/aromatic N) is 2. The van der Waals surface area contributed by atoms with E-state index in [1.54, 1.807) is 32.4 Å². The minimum absolute atomic E-state index is 0.000392. The highest BCUT2D eigenvalue weighted by Gasteiger charge is 2.31. The van der Waals surface area contributed by atoms with E-state index in [0.29, 0.717) is 23.6 Å². The number of carbonyl (C=O) groups is 1. The van der Waals surface area contributed by atoms with E-state index in [1.807, 2.05) is 4.90 Å². The molecule has 2 aromatic rings. The molecule has 0 spiro atoms. The molecule has 0 aromatic heterocycles. The molecule has 5 nitrogen and oxygen atoms in total. The largest absolute Gasteiger partial charge is 0.493 e. The molecule has 0 aliphatic carbocycles. The standard InChI is InChI=1S/C20H22N2O3/c1-24-17-9-8-15(13-18(17)25-2)20(23)22-12-11-21-10-4-6-14-5-3-7-16(22)19(14)21/h3,5,7-9,13H,4,6,10-12H2,1-2H3. The van der Waals surface area contributed by atoms with Crippen molar-refractivity contribution in [1.29, 1.82) is 0 Å². The number of methoxy groups -OCH3 is 2. The Morgan fingerprint density at radius 2 is 1.84 bits per heavy atom. The maximum atomic E-state index is 13.2. The first-order valence-electron chi connectivity index (χ1n) is 8.63. The molecular formula is C20H22N2O3. The molecule has 0 radical (unpaired) electrons. The van der Waals surface area contributed by atoms with Crippen LogP contribution in [-0.4, -0.2) is 39.8 Å². The van der Waals surface area contributed by atoms with Gasteiger partial charge in [-0.1, -0.05) is 12.1 Å². The fourth-order valence-corrected chi connectivity index (χ4v) is 3.84. The van der Waals surface area contributed by atoms with E-state index >= 15 is 0 Å². The van der Waals surface area contributed by atoms with Gasteiger partial charge in [-0.05, 0) is 42.7 Å². The summed E-state index contributed by atoms with van der Waals surface area (Å²) >= 11 is 0. The molecule has 0 bridgehead atoms. The van der Waals surface area contributed by atoms with Crippen molar-refractivity contribution in [2.75, 3.05) is 43.7 Å². The van der Waals surface area contributed by atoms with E-state index in [-0.39, 0.29) is 5.91 Å². The number of rotatable bonds is 3. The van der Waals surface area contributed by atoms with Crippen molar-refractivity contribution >= 4 is 17.3 Å². The number of benzene rings is 2. The van der Waals surface area contributed by atoms with Crippen LogP contribution < -0.4 is 19.3 Å². The average molecular weight is 338 g/mol. The number of hydrogen-bond donors (Lipinski definition) is 0. The van der Waals surface area contributed by atoms with E-state index < -0.39 is 0 Å². The maximum absolute atomic E-state index is 13.2. The Hall–Kier alpha value is -2.69. The van der Waals surface area contributed by atoms with Crippen LogP contribution in [0.4, 0.5) is 11.4 Å². The van der Waals surface area contributed by atoms with Crippen molar-refractivity contribution in [3.05, 3.63) is 47.5 Å². The van der Waals surface area contributed by atoms with E-state index in [4.69, 9.17) is 9.47 Å². The number of carbonyl (C=O) groups excluding carboxylic acids is 1. The predicted molar refractivity (Wildman–Crippen MR) is 98.2 cm³/mol. The van der Waals surface area contributed by atoms with Gasteiger partial charge < -0.3 is 19.3 Å². The summed E-state index contributed by atoms with van der Waals surface area (Å²) in [6.45, 7) is 2.65. The molecule has 5 heteroatoms. The zero-order valence-corrected chi connectivity index (χ0v) is 14.6. The molecule has 0 fully saturated rings. The Labute approximate surface area is 147 Å². The van der Waals surface area contributed by atoms with E-state index in [1.165, 1.54) is 17.7 Å². The Morgan fingerprint density at radius 3 is 2.64 bits per heavy atom. The lowest BCUT2D eigenvalue weighted by Gasteiger charge is -2.41. The van der Waals surface area contributed by atoms with Crippen molar-refractivity contribution in [3.8, 4) is 11.5 Å². The van der Waals surface area contributed by atoms with Crippen LogP contribution in [0.15, 0.2) is 36.4 Å². The second-order valence-electron chi connectivity index (χ2n) is 6.40.